The molecule has 1 aliphatic rings. The summed E-state index contributed by atoms with van der Waals surface area (Å²) < 4.78 is 0.880. The van der Waals surface area contributed by atoms with Gasteiger partial charge in [0.15, 0.2) is 6.21 Å². The fourth-order valence-electron chi connectivity index (χ4n) is 1.44. The fraction of sp³-hybridized carbons (Fsp3) is 0. The third-order valence-corrected chi connectivity index (χ3v) is 2.01. The van der Waals surface area contributed by atoms with Crippen LogP contribution >= 0.6 is 0 Å². The second kappa shape index (κ2) is 2.90. The largest absolute Gasteiger partial charge is 0.618 e. The molecule has 0 bridgehead atoms. The van der Waals surface area contributed by atoms with Crippen molar-refractivity contribution in [3.05, 3.63) is 53.8 Å². The van der Waals surface area contributed by atoms with Gasteiger partial charge in [0.1, 0.15) is 0 Å². The Hall–Kier alpha value is -1.83. The van der Waals surface area contributed by atoms with Gasteiger partial charge in [-0.3, -0.25) is 0 Å². The molecule has 64 valence electrons. The molecule has 2 rings (SSSR count). The number of hydrogen-bond acceptors (Lipinski definition) is 1. The van der Waals surface area contributed by atoms with Crippen LogP contribution in [0.4, 0.5) is 5.69 Å². The third kappa shape index (κ3) is 1.16. The predicted octanol–water partition coefficient (Wildman–Crippen LogP) is 2.48. The van der Waals surface area contributed by atoms with E-state index in [1.165, 1.54) is 0 Å². The van der Waals surface area contributed by atoms with Crippen molar-refractivity contribution in [2.45, 2.75) is 0 Å². The minimum Gasteiger partial charge on any atom is -0.618 e. The minimum absolute atomic E-state index is 0.704. The van der Waals surface area contributed by atoms with E-state index in [1.807, 2.05) is 30.3 Å². The van der Waals surface area contributed by atoms with Crippen LogP contribution in [0.15, 0.2) is 43.0 Å². The van der Waals surface area contributed by atoms with Gasteiger partial charge in [-0.1, -0.05) is 24.8 Å². The van der Waals surface area contributed by atoms with Gasteiger partial charge in [-0.25, -0.2) is 0 Å². The van der Waals surface area contributed by atoms with Crippen LogP contribution in [0.2, 0.25) is 0 Å². The predicted molar refractivity (Wildman–Crippen MR) is 54.0 cm³/mol. The van der Waals surface area contributed by atoms with Crippen molar-refractivity contribution in [3.8, 4) is 0 Å². The molecule has 0 saturated heterocycles. The van der Waals surface area contributed by atoms with E-state index in [4.69, 9.17) is 0 Å². The van der Waals surface area contributed by atoms with Gasteiger partial charge in [-0.2, -0.15) is 4.74 Å². The zero-order valence-electron chi connectivity index (χ0n) is 7.10. The molecule has 2 heteroatoms. The average molecular weight is 171 g/mol. The average Bonchev–Trinajstić information content (AvgIpc) is 2.46. The molecule has 0 fully saturated rings. The van der Waals surface area contributed by atoms with Crippen LogP contribution in [0, 0.1) is 5.21 Å². The second-order valence-corrected chi connectivity index (χ2v) is 2.83. The van der Waals surface area contributed by atoms with Crippen molar-refractivity contribution in [2.75, 3.05) is 0 Å². The van der Waals surface area contributed by atoms with Gasteiger partial charge in [-0.15, -0.1) is 0 Å². The first-order valence-corrected chi connectivity index (χ1v) is 4.06. The lowest BCUT2D eigenvalue weighted by Crippen LogP contribution is -1.87. The molecule has 0 aliphatic carbocycles. The monoisotopic (exact) mass is 171 g/mol. The quantitative estimate of drug-likeness (QED) is 0.471. The number of hydrogen-bond donors (Lipinski definition) is 0. The molecule has 0 unspecified atom stereocenters. The minimum atomic E-state index is 0.704. The molecule has 0 atom stereocenters. The lowest BCUT2D eigenvalue weighted by atomic mass is 10.1. The summed E-state index contributed by atoms with van der Waals surface area (Å²) in [5.41, 5.74) is 2.59. The Labute approximate surface area is 76.7 Å². The van der Waals surface area contributed by atoms with E-state index in [-0.39, 0.29) is 0 Å². The highest BCUT2D eigenvalue weighted by Crippen LogP contribution is 2.29. The highest BCUT2D eigenvalue weighted by molar-refractivity contribution is 6.12. The number of fused-ring (bicyclic) bond motifs is 1. The van der Waals surface area contributed by atoms with E-state index in [9.17, 15) is 5.21 Å². The maximum absolute atomic E-state index is 11.3. The van der Waals surface area contributed by atoms with Gasteiger partial charge in [0.2, 0.25) is 5.69 Å². The molecule has 0 spiro atoms. The highest BCUT2D eigenvalue weighted by Gasteiger charge is 2.20. The van der Waals surface area contributed by atoms with Gasteiger partial charge in [0.25, 0.3) is 0 Å². The van der Waals surface area contributed by atoms with Gasteiger partial charge in [0.05, 0.1) is 11.1 Å². The van der Waals surface area contributed by atoms with E-state index in [0.29, 0.717) is 5.69 Å². The third-order valence-electron chi connectivity index (χ3n) is 2.01. The van der Waals surface area contributed by atoms with Crippen molar-refractivity contribution in [1.29, 1.82) is 0 Å². The Bertz CT molecular complexity index is 416. The van der Waals surface area contributed by atoms with Gasteiger partial charge >= 0.3 is 0 Å². The van der Waals surface area contributed by atoms with E-state index in [0.717, 1.165) is 15.9 Å². The summed E-state index contributed by atoms with van der Waals surface area (Å²) in [5, 5.41) is 11.3. The molecule has 1 aliphatic heterocycles. The topological polar surface area (TPSA) is 26.1 Å². The van der Waals surface area contributed by atoms with E-state index in [1.54, 1.807) is 12.3 Å². The van der Waals surface area contributed by atoms with Crippen LogP contribution in [-0.4, -0.2) is 11.0 Å². The first kappa shape index (κ1) is 7.80. The summed E-state index contributed by atoms with van der Waals surface area (Å²) in [5.74, 6) is 0. The van der Waals surface area contributed by atoms with Crippen molar-refractivity contribution in [1.82, 2.24) is 0 Å². The van der Waals surface area contributed by atoms with E-state index >= 15 is 0 Å². The summed E-state index contributed by atoms with van der Waals surface area (Å²) in [7, 11) is 0. The SMILES string of the molecule is C=CC=C1C=[N+]([O-])c2ccccc21. The number of allylic oxidation sites excluding steroid dienone is 3. The Kier molecular flexibility index (Phi) is 1.74. The van der Waals surface area contributed by atoms with Gasteiger partial charge in [-0.05, 0) is 12.1 Å². The van der Waals surface area contributed by atoms with Crippen molar-refractivity contribution < 1.29 is 4.74 Å². The summed E-state index contributed by atoms with van der Waals surface area (Å²) in [6.45, 7) is 3.61. The Morgan fingerprint density at radius 1 is 1.31 bits per heavy atom. The van der Waals surface area contributed by atoms with Crippen LogP contribution < -0.4 is 0 Å². The lowest BCUT2D eigenvalue weighted by Gasteiger charge is -1.97. The number of nitrogens with zero attached hydrogens (tertiary/aromatic N) is 1. The number of benzene rings is 1. The molecule has 0 amide bonds. The smallest absolute Gasteiger partial charge is 0.224 e. The maximum Gasteiger partial charge on any atom is 0.224 e. The Balaban J connectivity index is 2.62. The van der Waals surface area contributed by atoms with Crippen LogP contribution in [0.5, 0.6) is 0 Å². The molecule has 13 heavy (non-hydrogen) atoms. The van der Waals surface area contributed by atoms with Crippen LogP contribution in [-0.2, 0) is 0 Å². The first-order valence-electron chi connectivity index (χ1n) is 4.06. The molecule has 2 nitrogen and oxygen atoms in total. The molecule has 1 heterocycles. The first-order chi connectivity index (χ1) is 6.33. The molecular formula is C11H9NO. The maximum atomic E-state index is 11.3. The van der Waals surface area contributed by atoms with Crippen LogP contribution in [0.3, 0.4) is 0 Å². The van der Waals surface area contributed by atoms with E-state index < -0.39 is 0 Å². The molecule has 1 aromatic rings. The summed E-state index contributed by atoms with van der Waals surface area (Å²) in [6, 6.07) is 7.51. The number of para-hydroxylation sites is 1. The van der Waals surface area contributed by atoms with Gasteiger partial charge in [0, 0.05) is 6.07 Å². The van der Waals surface area contributed by atoms with Crippen LogP contribution in [0.1, 0.15) is 5.56 Å². The molecule has 0 radical (unpaired) electrons. The molecule has 0 saturated carbocycles. The molecule has 0 N–H and O–H groups in total. The molecule has 1 aromatic carbocycles. The summed E-state index contributed by atoms with van der Waals surface area (Å²) in [4.78, 5) is 0. The zero-order chi connectivity index (χ0) is 9.26. The normalized spacial score (nSPS) is 16.9. The molecule has 0 aromatic heterocycles. The second-order valence-electron chi connectivity index (χ2n) is 2.83. The molecular weight excluding hydrogens is 162 g/mol. The highest BCUT2D eigenvalue weighted by atomic mass is 16.5. The lowest BCUT2D eigenvalue weighted by molar-refractivity contribution is -0.350. The Morgan fingerprint density at radius 2 is 2.08 bits per heavy atom. The standard InChI is InChI=1S/C11H9NO/c1-2-5-9-8-12(13)11-7-4-3-6-10(9)11/h2-8H,1H2. The summed E-state index contributed by atoms with van der Waals surface area (Å²) in [6.07, 6.45) is 5.07. The zero-order valence-corrected chi connectivity index (χ0v) is 7.10. The van der Waals surface area contributed by atoms with E-state index in [2.05, 4.69) is 6.58 Å². The van der Waals surface area contributed by atoms with Crippen molar-refractivity contribution in [2.24, 2.45) is 0 Å². The van der Waals surface area contributed by atoms with Crippen molar-refractivity contribution in [3.63, 3.8) is 0 Å². The van der Waals surface area contributed by atoms with Crippen molar-refractivity contribution >= 4 is 17.5 Å². The summed E-state index contributed by atoms with van der Waals surface area (Å²) >= 11 is 0. The fourth-order valence-corrected chi connectivity index (χ4v) is 1.44. The van der Waals surface area contributed by atoms with Crippen LogP contribution in [0.25, 0.3) is 5.57 Å². The Morgan fingerprint density at radius 3 is 2.85 bits per heavy atom. The number of rotatable bonds is 1. The van der Waals surface area contributed by atoms with Gasteiger partial charge < -0.3 is 5.21 Å².